The van der Waals surface area contributed by atoms with Crippen LogP contribution in [0.4, 0.5) is 5.69 Å². The number of halogens is 1. The van der Waals surface area contributed by atoms with Crippen molar-refractivity contribution in [2.24, 2.45) is 0 Å². The highest BCUT2D eigenvalue weighted by Gasteiger charge is 2.30. The van der Waals surface area contributed by atoms with Gasteiger partial charge >= 0.3 is 0 Å². The zero-order valence-electron chi connectivity index (χ0n) is 17.6. The molecule has 2 aromatic heterocycles. The van der Waals surface area contributed by atoms with Gasteiger partial charge in [-0.3, -0.25) is 9.36 Å². The van der Waals surface area contributed by atoms with E-state index in [1.54, 1.807) is 18.0 Å². The van der Waals surface area contributed by atoms with Crippen molar-refractivity contribution in [2.75, 3.05) is 11.1 Å². The number of rotatable bonds is 9. The van der Waals surface area contributed by atoms with Gasteiger partial charge in [-0.2, -0.15) is 0 Å². The number of thioether (sulfide) groups is 1. The van der Waals surface area contributed by atoms with Crippen LogP contribution in [0.25, 0.3) is 0 Å². The fraction of sp³-hybridized carbons (Fsp3) is 0.208. The summed E-state index contributed by atoms with van der Waals surface area (Å²) in [4.78, 5) is 14.8. The topological polar surface area (TPSA) is 73.0 Å². The predicted octanol–water partition coefficient (Wildman–Crippen LogP) is 6.33. The van der Waals surface area contributed by atoms with Crippen molar-refractivity contribution in [3.8, 4) is 0 Å². The highest BCUT2D eigenvalue weighted by Crippen LogP contribution is 2.40. The van der Waals surface area contributed by atoms with Crippen molar-refractivity contribution in [1.29, 1.82) is 0 Å². The van der Waals surface area contributed by atoms with Crippen molar-refractivity contribution in [2.45, 2.75) is 40.3 Å². The van der Waals surface area contributed by atoms with Crippen LogP contribution in [0.1, 0.15) is 30.3 Å². The zero-order valence-corrected chi connectivity index (χ0v) is 20.0. The molecule has 9 heteroatoms. The molecule has 33 heavy (non-hydrogen) atoms. The number of para-hydroxylation sites is 1. The molecule has 1 saturated carbocycles. The van der Waals surface area contributed by atoms with Gasteiger partial charge in [-0.05, 0) is 61.4 Å². The first-order valence-corrected chi connectivity index (χ1v) is 12.7. The van der Waals surface area contributed by atoms with Crippen LogP contribution in [0, 0.1) is 0 Å². The molecule has 1 N–H and O–H groups in total. The molecule has 0 radical (unpaired) electrons. The first-order valence-electron chi connectivity index (χ1n) is 10.6. The summed E-state index contributed by atoms with van der Waals surface area (Å²) in [5.41, 5.74) is 0.777. The summed E-state index contributed by atoms with van der Waals surface area (Å²) in [5, 5.41) is 13.2. The summed E-state index contributed by atoms with van der Waals surface area (Å²) in [6, 6.07) is 19.2. The highest BCUT2D eigenvalue weighted by molar-refractivity contribution is 8.00. The number of aromatic nitrogens is 3. The Morgan fingerprint density at radius 1 is 1.09 bits per heavy atom. The average molecular weight is 497 g/mol. The van der Waals surface area contributed by atoms with Crippen molar-refractivity contribution in [3.05, 3.63) is 83.5 Å². The number of nitrogens with one attached hydrogen (secondary N) is 1. The van der Waals surface area contributed by atoms with Gasteiger partial charge in [0.15, 0.2) is 5.16 Å². The molecule has 2 aromatic carbocycles. The number of amides is 1. The highest BCUT2D eigenvalue weighted by atomic mass is 35.5. The third-order valence-electron chi connectivity index (χ3n) is 5.12. The zero-order chi connectivity index (χ0) is 22.6. The number of benzene rings is 2. The lowest BCUT2D eigenvalue weighted by Crippen LogP contribution is -2.15. The van der Waals surface area contributed by atoms with Crippen LogP contribution >= 0.6 is 35.1 Å². The van der Waals surface area contributed by atoms with Crippen LogP contribution in [0.3, 0.4) is 0 Å². The Morgan fingerprint density at radius 3 is 2.67 bits per heavy atom. The third kappa shape index (κ3) is 5.63. The molecule has 168 valence electrons. The number of carbonyl (C=O) groups excluding carboxylic acids is 1. The minimum absolute atomic E-state index is 0.0929. The van der Waals surface area contributed by atoms with Crippen LogP contribution in [0.5, 0.6) is 0 Å². The molecule has 0 spiro atoms. The third-order valence-corrected chi connectivity index (χ3v) is 7.42. The summed E-state index contributed by atoms with van der Waals surface area (Å²) in [5.74, 6) is 2.41. The van der Waals surface area contributed by atoms with Crippen molar-refractivity contribution < 1.29 is 9.21 Å². The van der Waals surface area contributed by atoms with E-state index >= 15 is 0 Å². The Balaban J connectivity index is 1.25. The number of carbonyl (C=O) groups is 1. The predicted molar refractivity (Wildman–Crippen MR) is 131 cm³/mol. The minimum atomic E-state index is -0.0929. The largest absolute Gasteiger partial charge is 0.467 e. The van der Waals surface area contributed by atoms with Crippen molar-refractivity contribution >= 4 is 46.7 Å². The molecule has 6 nitrogen and oxygen atoms in total. The summed E-state index contributed by atoms with van der Waals surface area (Å²) < 4.78 is 7.58. The quantitative estimate of drug-likeness (QED) is 0.273. The van der Waals surface area contributed by atoms with Crippen LogP contribution in [0.2, 0.25) is 5.02 Å². The van der Waals surface area contributed by atoms with E-state index in [-0.39, 0.29) is 11.7 Å². The second-order valence-electron chi connectivity index (χ2n) is 7.67. The van der Waals surface area contributed by atoms with Crippen LogP contribution in [-0.2, 0) is 11.3 Å². The lowest BCUT2D eigenvalue weighted by molar-refractivity contribution is -0.113. The van der Waals surface area contributed by atoms with E-state index in [4.69, 9.17) is 16.0 Å². The molecule has 0 saturated heterocycles. The van der Waals surface area contributed by atoms with Crippen LogP contribution in [-0.4, -0.2) is 26.4 Å². The van der Waals surface area contributed by atoms with E-state index in [1.807, 2.05) is 60.7 Å². The van der Waals surface area contributed by atoms with Gasteiger partial charge in [0.25, 0.3) is 0 Å². The Bertz CT molecular complexity index is 1240. The summed E-state index contributed by atoms with van der Waals surface area (Å²) in [6.45, 7) is 0.566. The molecule has 0 atom stereocenters. The number of hydrogen-bond acceptors (Lipinski definition) is 6. The molecular formula is C24H21ClN4O2S2. The normalized spacial score (nSPS) is 13.2. The molecule has 1 aliphatic carbocycles. The SMILES string of the molecule is O=C(CSc1nnc(C2CC2)n1Cc1ccco1)Nc1ccccc1Sc1ccc(Cl)cc1. The molecule has 0 unspecified atom stereocenters. The minimum Gasteiger partial charge on any atom is -0.467 e. The molecule has 1 fully saturated rings. The summed E-state index contributed by atoms with van der Waals surface area (Å²) in [7, 11) is 0. The van der Waals surface area contributed by atoms with Crippen LogP contribution < -0.4 is 5.32 Å². The van der Waals surface area contributed by atoms with E-state index in [1.165, 1.54) is 11.8 Å². The van der Waals surface area contributed by atoms with Gasteiger partial charge in [-0.1, -0.05) is 47.3 Å². The van der Waals surface area contributed by atoms with Gasteiger partial charge in [-0.15, -0.1) is 10.2 Å². The molecule has 1 amide bonds. The molecular weight excluding hydrogens is 476 g/mol. The summed E-state index contributed by atoms with van der Waals surface area (Å²) >= 11 is 8.96. The lowest BCUT2D eigenvalue weighted by atomic mass is 10.3. The maximum absolute atomic E-state index is 12.8. The molecule has 0 bridgehead atoms. The average Bonchev–Trinajstić information content (AvgIpc) is 3.38. The van der Waals surface area contributed by atoms with Gasteiger partial charge in [0.05, 0.1) is 24.2 Å². The van der Waals surface area contributed by atoms with E-state index in [9.17, 15) is 4.79 Å². The fourth-order valence-corrected chi connectivity index (χ4v) is 5.13. The van der Waals surface area contributed by atoms with E-state index in [0.717, 1.165) is 45.1 Å². The Hall–Kier alpha value is -2.68. The second kappa shape index (κ2) is 10.1. The van der Waals surface area contributed by atoms with E-state index in [0.29, 0.717) is 17.5 Å². The molecule has 5 rings (SSSR count). The standard InChI is InChI=1S/C24H21ClN4O2S2/c25-17-9-11-19(12-10-17)33-21-6-2-1-5-20(21)26-22(30)15-32-24-28-27-23(16-7-8-16)29(24)14-18-4-3-13-31-18/h1-6,9-13,16H,7-8,14-15H2,(H,26,30). The van der Waals surface area contributed by atoms with Crippen LogP contribution in [0.15, 0.2) is 86.3 Å². The fourth-order valence-electron chi connectivity index (χ4n) is 3.36. The van der Waals surface area contributed by atoms with Gasteiger partial charge in [-0.25, -0.2) is 0 Å². The number of nitrogens with zero attached hydrogens (tertiary/aromatic N) is 3. The van der Waals surface area contributed by atoms with Gasteiger partial charge in [0.2, 0.25) is 5.91 Å². The first kappa shape index (κ1) is 22.1. The maximum Gasteiger partial charge on any atom is 0.234 e. The van der Waals surface area contributed by atoms with Crippen molar-refractivity contribution in [3.63, 3.8) is 0 Å². The first-order chi connectivity index (χ1) is 16.2. The molecule has 0 aliphatic heterocycles. The number of furan rings is 1. The Kier molecular flexibility index (Phi) is 6.75. The molecule has 1 aliphatic rings. The number of anilines is 1. The van der Waals surface area contributed by atoms with E-state index < -0.39 is 0 Å². The Morgan fingerprint density at radius 2 is 1.91 bits per heavy atom. The smallest absolute Gasteiger partial charge is 0.234 e. The van der Waals surface area contributed by atoms with Crippen molar-refractivity contribution in [1.82, 2.24) is 14.8 Å². The van der Waals surface area contributed by atoms with Gasteiger partial charge in [0.1, 0.15) is 11.6 Å². The molecule has 2 heterocycles. The molecule has 4 aromatic rings. The maximum atomic E-state index is 12.8. The van der Waals surface area contributed by atoms with Gasteiger partial charge in [0, 0.05) is 20.7 Å². The number of hydrogen-bond donors (Lipinski definition) is 1. The monoisotopic (exact) mass is 496 g/mol. The Labute approximate surface area is 205 Å². The van der Waals surface area contributed by atoms with Gasteiger partial charge < -0.3 is 9.73 Å². The summed E-state index contributed by atoms with van der Waals surface area (Å²) in [6.07, 6.45) is 3.92. The lowest BCUT2D eigenvalue weighted by Gasteiger charge is -2.11. The van der Waals surface area contributed by atoms with E-state index in [2.05, 4.69) is 20.1 Å². The second-order valence-corrected chi connectivity index (χ2v) is 10.2.